The van der Waals surface area contributed by atoms with Crippen molar-refractivity contribution in [1.29, 1.82) is 0 Å². The Morgan fingerprint density at radius 3 is 1.89 bits per heavy atom. The first-order chi connectivity index (χ1) is 18.6. The Hall–Kier alpha value is -4.33. The molecule has 4 aromatic heterocycles. The van der Waals surface area contributed by atoms with E-state index in [0.29, 0.717) is 0 Å². The number of hydrogen-bond acceptors (Lipinski definition) is 5. The van der Waals surface area contributed by atoms with E-state index < -0.39 is 0 Å². The fourth-order valence-electron chi connectivity index (χ4n) is 4.68. The molecule has 184 valence electrons. The Labute approximate surface area is 231 Å². The summed E-state index contributed by atoms with van der Waals surface area (Å²) in [6.45, 7) is 7.94. The lowest BCUT2D eigenvalue weighted by Gasteiger charge is -2.03. The van der Waals surface area contributed by atoms with Crippen LogP contribution in [-0.2, 0) is 0 Å². The lowest BCUT2D eigenvalue weighted by atomic mass is 10.1. The first-order valence-corrected chi connectivity index (χ1v) is 12.9. The van der Waals surface area contributed by atoms with Crippen molar-refractivity contribution >= 4 is 72.7 Å². The molecule has 7 heteroatoms. The minimum atomic E-state index is 0.723. The van der Waals surface area contributed by atoms with E-state index in [9.17, 15) is 0 Å². The van der Waals surface area contributed by atoms with Gasteiger partial charge in [-0.15, -0.1) is 35.5 Å². The largest absolute Gasteiger partial charge is 0.304 e. The minimum Gasteiger partial charge on any atom is -0.304 e. The summed E-state index contributed by atoms with van der Waals surface area (Å²) in [6, 6.07) is 20.2. The average molecular weight is 530 g/mol. The van der Waals surface area contributed by atoms with Crippen LogP contribution in [0.15, 0.2) is 90.1 Å². The molecule has 5 nitrogen and oxygen atoms in total. The highest BCUT2D eigenvalue weighted by molar-refractivity contribution is 7.80. The predicted molar refractivity (Wildman–Crippen MR) is 164 cm³/mol. The third-order valence-corrected chi connectivity index (χ3v) is 7.20. The fourth-order valence-corrected chi connectivity index (χ4v) is 5.29. The van der Waals surface area contributed by atoms with Crippen LogP contribution in [0.1, 0.15) is 33.9 Å². The van der Waals surface area contributed by atoms with Crippen LogP contribution < -0.4 is 0 Å². The molecule has 0 aliphatic carbocycles. The van der Waals surface area contributed by atoms with Gasteiger partial charge in [-0.2, -0.15) is 0 Å². The zero-order valence-corrected chi connectivity index (χ0v) is 22.1. The number of pyridine rings is 2. The molecule has 0 fully saturated rings. The summed E-state index contributed by atoms with van der Waals surface area (Å²) in [7, 11) is 0. The Morgan fingerprint density at radius 1 is 0.684 bits per heavy atom. The lowest BCUT2D eigenvalue weighted by molar-refractivity contribution is 1.02. The molecule has 4 aromatic rings. The maximum absolute atomic E-state index is 4.64. The molecule has 38 heavy (non-hydrogen) atoms. The summed E-state index contributed by atoms with van der Waals surface area (Å²) in [5, 5.41) is 10.4. The van der Waals surface area contributed by atoms with E-state index in [2.05, 4.69) is 80.6 Å². The highest BCUT2D eigenvalue weighted by Gasteiger charge is 2.13. The summed E-state index contributed by atoms with van der Waals surface area (Å²) in [5.41, 5.74) is 9.35. The molecule has 6 heterocycles. The van der Waals surface area contributed by atoms with Gasteiger partial charge in [-0.3, -0.25) is 4.98 Å². The number of rotatable bonds is 6. The molecular formula is C31H23N5S2. The minimum absolute atomic E-state index is 0.723. The number of thiol groups is 2. The van der Waals surface area contributed by atoms with E-state index in [-0.39, 0.29) is 0 Å². The third kappa shape index (κ3) is 4.16. The Bertz CT molecular complexity index is 1890. The van der Waals surface area contributed by atoms with E-state index >= 15 is 0 Å². The summed E-state index contributed by atoms with van der Waals surface area (Å²) < 4.78 is 4.17. The van der Waals surface area contributed by atoms with Gasteiger partial charge in [0.15, 0.2) is 0 Å². The van der Waals surface area contributed by atoms with E-state index in [1.54, 1.807) is 6.20 Å². The first kappa shape index (κ1) is 24.0. The second-order valence-electron chi connectivity index (χ2n) is 8.73. The van der Waals surface area contributed by atoms with Crippen LogP contribution in [0.4, 0.5) is 0 Å². The number of aromatic nitrogens is 5. The molecule has 2 aliphatic heterocycles. The number of fused-ring (bicyclic) bond motifs is 3. The van der Waals surface area contributed by atoms with Crippen LogP contribution in [-0.4, -0.2) is 24.0 Å². The van der Waals surface area contributed by atoms with E-state index in [1.165, 1.54) is 0 Å². The Morgan fingerprint density at radius 2 is 1.29 bits per heavy atom. The molecule has 0 saturated carbocycles. The van der Waals surface area contributed by atoms with Gasteiger partial charge in [-0.05, 0) is 72.8 Å². The highest BCUT2D eigenvalue weighted by Crippen LogP contribution is 2.28. The van der Waals surface area contributed by atoms with Crippen molar-refractivity contribution in [2.45, 2.75) is 10.1 Å². The third-order valence-electron chi connectivity index (χ3n) is 6.50. The van der Waals surface area contributed by atoms with Crippen molar-refractivity contribution in [3.63, 3.8) is 0 Å². The molecule has 0 atom stereocenters. The SMILES string of the molecule is C=Cc1cc2cccc(S)n2c1/C=C/c1ccc2c(/C=C/c3c(C=C)cc4cccc(S)n34)nnc-2cn1. The van der Waals surface area contributed by atoms with Gasteiger partial charge in [0.05, 0.1) is 39.0 Å². The standard InChI is InChI=1S/C31H23N5S2/c1-3-20-17-23-7-5-9-30(37)35(23)28(20)15-12-22-11-13-25-26(33-34-27(25)19-32-22)14-16-29-21(4-2)18-24-8-6-10-31(38)36(24)29/h3-19,37-38H,1-2H2/b15-12+,16-14+. The molecule has 0 bridgehead atoms. The van der Waals surface area contributed by atoms with Crippen molar-refractivity contribution in [3.05, 3.63) is 114 Å². The zero-order valence-electron chi connectivity index (χ0n) is 20.4. The normalized spacial score (nSPS) is 11.9. The molecule has 0 spiro atoms. The first-order valence-electron chi connectivity index (χ1n) is 12.0. The van der Waals surface area contributed by atoms with Gasteiger partial charge in [0.1, 0.15) is 5.69 Å². The molecule has 2 aliphatic rings. The fraction of sp³-hybridized carbons (Fsp3) is 0. The van der Waals surface area contributed by atoms with Gasteiger partial charge in [-0.1, -0.05) is 37.4 Å². The van der Waals surface area contributed by atoms with Gasteiger partial charge in [0, 0.05) is 27.7 Å². The van der Waals surface area contributed by atoms with Crippen LogP contribution in [0.2, 0.25) is 0 Å². The second-order valence-corrected chi connectivity index (χ2v) is 9.65. The predicted octanol–water partition coefficient (Wildman–Crippen LogP) is 7.69. The summed E-state index contributed by atoms with van der Waals surface area (Å²) in [5.74, 6) is 0. The topological polar surface area (TPSA) is 47.5 Å². The highest BCUT2D eigenvalue weighted by atomic mass is 32.1. The van der Waals surface area contributed by atoms with Gasteiger partial charge in [-0.25, -0.2) is 0 Å². The van der Waals surface area contributed by atoms with Crippen LogP contribution in [0.25, 0.3) is 58.7 Å². The van der Waals surface area contributed by atoms with Crippen LogP contribution >= 0.6 is 25.3 Å². The molecule has 0 radical (unpaired) electrons. The molecule has 0 aromatic carbocycles. The van der Waals surface area contributed by atoms with Gasteiger partial charge in [0.25, 0.3) is 0 Å². The molecular weight excluding hydrogens is 507 g/mol. The Balaban J connectivity index is 1.36. The summed E-state index contributed by atoms with van der Waals surface area (Å²) in [6.07, 6.45) is 13.5. The van der Waals surface area contributed by atoms with Gasteiger partial charge < -0.3 is 8.80 Å². The number of nitrogens with zero attached hydrogens (tertiary/aromatic N) is 5. The van der Waals surface area contributed by atoms with Crippen LogP contribution in [0, 0.1) is 0 Å². The quantitative estimate of drug-likeness (QED) is 0.218. The second kappa shape index (κ2) is 9.85. The van der Waals surface area contributed by atoms with E-state index in [0.717, 1.165) is 66.2 Å². The number of hydrogen-bond donors (Lipinski definition) is 2. The zero-order chi connectivity index (χ0) is 26.2. The summed E-state index contributed by atoms with van der Waals surface area (Å²) >= 11 is 9.28. The monoisotopic (exact) mass is 529 g/mol. The van der Waals surface area contributed by atoms with Crippen LogP contribution in [0.5, 0.6) is 0 Å². The smallest absolute Gasteiger partial charge is 0.113 e. The van der Waals surface area contributed by atoms with E-state index in [4.69, 9.17) is 0 Å². The maximum atomic E-state index is 4.64. The van der Waals surface area contributed by atoms with Crippen LogP contribution in [0.3, 0.4) is 0 Å². The lowest BCUT2D eigenvalue weighted by Crippen LogP contribution is -1.90. The van der Waals surface area contributed by atoms with Crippen molar-refractivity contribution in [2.75, 3.05) is 0 Å². The Kier molecular flexibility index (Phi) is 6.23. The molecule has 6 rings (SSSR count). The molecule has 0 N–H and O–H groups in total. The average Bonchev–Trinajstić information content (AvgIpc) is 3.56. The molecule has 0 saturated heterocycles. The maximum Gasteiger partial charge on any atom is 0.113 e. The van der Waals surface area contributed by atoms with Crippen molar-refractivity contribution in [3.8, 4) is 11.3 Å². The van der Waals surface area contributed by atoms with Crippen molar-refractivity contribution in [2.24, 2.45) is 0 Å². The van der Waals surface area contributed by atoms with Gasteiger partial charge >= 0.3 is 0 Å². The summed E-state index contributed by atoms with van der Waals surface area (Å²) in [4.78, 5) is 4.64. The molecule has 0 amide bonds. The van der Waals surface area contributed by atoms with E-state index in [1.807, 2.05) is 78.9 Å². The van der Waals surface area contributed by atoms with Crippen molar-refractivity contribution in [1.82, 2.24) is 24.0 Å². The van der Waals surface area contributed by atoms with Crippen molar-refractivity contribution < 1.29 is 0 Å². The molecule has 0 unspecified atom stereocenters. The van der Waals surface area contributed by atoms with Gasteiger partial charge in [0.2, 0.25) is 0 Å².